The number of nitrogens with zero attached hydrogens (tertiary/aromatic N) is 1. The number of hydrogen-bond donors (Lipinski definition) is 2. The van der Waals surface area contributed by atoms with E-state index >= 15 is 0 Å². The van der Waals surface area contributed by atoms with Gasteiger partial charge >= 0.3 is 6.18 Å². The molecule has 3 N–H and O–H groups in total. The number of aliphatic hydroxyl groups is 1. The van der Waals surface area contributed by atoms with Crippen LogP contribution < -0.4 is 5.73 Å². The maximum absolute atomic E-state index is 12.8. The van der Waals surface area contributed by atoms with Crippen molar-refractivity contribution in [2.24, 2.45) is 5.73 Å². The highest BCUT2D eigenvalue weighted by molar-refractivity contribution is 5.20. The van der Waals surface area contributed by atoms with E-state index in [-0.39, 0.29) is 13.1 Å². The number of aliphatic hydroxyl groups excluding tert-OH is 1. The molecule has 1 unspecified atom stereocenters. The number of alkyl halides is 3. The largest absolute Gasteiger partial charge is 0.401 e. The smallest absolute Gasteiger partial charge is 0.395 e. The summed E-state index contributed by atoms with van der Waals surface area (Å²) in [5.74, 6) is -0.468. The number of halogens is 4. The quantitative estimate of drug-likeness (QED) is 0.780. The first-order chi connectivity index (χ1) is 8.87. The van der Waals surface area contributed by atoms with Gasteiger partial charge in [0, 0.05) is 19.1 Å². The van der Waals surface area contributed by atoms with Gasteiger partial charge < -0.3 is 10.8 Å². The molecule has 0 saturated carbocycles. The van der Waals surface area contributed by atoms with Crippen molar-refractivity contribution < 1.29 is 22.7 Å². The zero-order valence-electron chi connectivity index (χ0n) is 10.2. The van der Waals surface area contributed by atoms with Gasteiger partial charge in [-0.25, -0.2) is 4.39 Å². The van der Waals surface area contributed by atoms with Gasteiger partial charge in [-0.2, -0.15) is 13.2 Å². The fourth-order valence-electron chi connectivity index (χ4n) is 1.88. The van der Waals surface area contributed by atoms with Gasteiger partial charge in [-0.1, -0.05) is 12.1 Å². The van der Waals surface area contributed by atoms with Crippen molar-refractivity contribution >= 4 is 0 Å². The summed E-state index contributed by atoms with van der Waals surface area (Å²) in [6, 6.07) is 4.42. The minimum absolute atomic E-state index is 0.0539. The average Bonchev–Trinajstić information content (AvgIpc) is 2.31. The minimum Gasteiger partial charge on any atom is -0.395 e. The van der Waals surface area contributed by atoms with Crippen LogP contribution in [-0.2, 0) is 0 Å². The molecule has 0 aromatic heterocycles. The Morgan fingerprint density at radius 2 is 1.79 bits per heavy atom. The molecule has 7 heteroatoms. The molecule has 0 spiro atoms. The molecule has 0 saturated heterocycles. The van der Waals surface area contributed by atoms with Crippen LogP contribution in [0.1, 0.15) is 11.6 Å². The Hall–Kier alpha value is -1.18. The molecule has 0 heterocycles. The zero-order valence-corrected chi connectivity index (χ0v) is 10.2. The molecule has 0 aliphatic heterocycles. The van der Waals surface area contributed by atoms with Crippen LogP contribution in [0.25, 0.3) is 0 Å². The van der Waals surface area contributed by atoms with Crippen molar-refractivity contribution in [2.75, 3.05) is 26.2 Å². The zero-order chi connectivity index (χ0) is 14.5. The summed E-state index contributed by atoms with van der Waals surface area (Å²) in [6.07, 6.45) is -4.39. The molecule has 19 heavy (non-hydrogen) atoms. The third-order valence-electron chi connectivity index (χ3n) is 2.69. The third kappa shape index (κ3) is 5.14. The van der Waals surface area contributed by atoms with Crippen molar-refractivity contribution in [3.8, 4) is 0 Å². The number of hydrogen-bond acceptors (Lipinski definition) is 3. The van der Waals surface area contributed by atoms with E-state index in [9.17, 15) is 17.6 Å². The van der Waals surface area contributed by atoms with Gasteiger partial charge in [0.2, 0.25) is 0 Å². The van der Waals surface area contributed by atoms with Gasteiger partial charge in [0.1, 0.15) is 5.82 Å². The Bertz CT molecular complexity index is 380. The Morgan fingerprint density at radius 1 is 1.21 bits per heavy atom. The van der Waals surface area contributed by atoms with Gasteiger partial charge in [-0.05, 0) is 17.7 Å². The van der Waals surface area contributed by atoms with E-state index in [0.29, 0.717) is 5.56 Å². The fourth-order valence-corrected chi connectivity index (χ4v) is 1.88. The maximum Gasteiger partial charge on any atom is 0.401 e. The van der Waals surface area contributed by atoms with Crippen LogP contribution >= 0.6 is 0 Å². The van der Waals surface area contributed by atoms with Crippen LogP contribution in [-0.4, -0.2) is 42.4 Å². The summed E-state index contributed by atoms with van der Waals surface area (Å²) in [5, 5.41) is 8.86. The molecule has 0 amide bonds. The molecule has 1 aromatic carbocycles. The molecule has 0 radical (unpaired) electrons. The monoisotopic (exact) mass is 280 g/mol. The van der Waals surface area contributed by atoms with E-state index < -0.39 is 31.2 Å². The highest BCUT2D eigenvalue weighted by atomic mass is 19.4. The molecule has 108 valence electrons. The first-order valence-electron chi connectivity index (χ1n) is 5.74. The first kappa shape index (κ1) is 15.9. The Kier molecular flexibility index (Phi) is 5.71. The second-order valence-electron chi connectivity index (χ2n) is 4.11. The van der Waals surface area contributed by atoms with E-state index in [0.717, 1.165) is 4.90 Å². The van der Waals surface area contributed by atoms with Gasteiger partial charge in [-0.15, -0.1) is 0 Å². The summed E-state index contributed by atoms with van der Waals surface area (Å²) in [4.78, 5) is 1.03. The van der Waals surface area contributed by atoms with Crippen LogP contribution in [0.15, 0.2) is 24.3 Å². The normalized spacial score (nSPS) is 13.8. The number of benzene rings is 1. The van der Waals surface area contributed by atoms with Crippen LogP contribution in [0.2, 0.25) is 0 Å². The molecule has 1 atom stereocenters. The van der Waals surface area contributed by atoms with Crippen LogP contribution in [0.4, 0.5) is 17.6 Å². The molecular formula is C12H16F4N2O. The van der Waals surface area contributed by atoms with Crippen molar-refractivity contribution in [2.45, 2.75) is 12.2 Å². The molecule has 1 aromatic rings. The summed E-state index contributed by atoms with van der Waals surface area (Å²) in [5.41, 5.74) is 6.00. The predicted octanol–water partition coefficient (Wildman–Crippen LogP) is 1.68. The van der Waals surface area contributed by atoms with Crippen LogP contribution in [0.3, 0.4) is 0 Å². The minimum atomic E-state index is -4.39. The number of rotatable bonds is 6. The lowest BCUT2D eigenvalue weighted by Crippen LogP contribution is -2.41. The van der Waals surface area contributed by atoms with Crippen LogP contribution in [0, 0.1) is 5.82 Å². The van der Waals surface area contributed by atoms with E-state index in [2.05, 4.69) is 0 Å². The lowest BCUT2D eigenvalue weighted by atomic mass is 10.1. The van der Waals surface area contributed by atoms with Crippen molar-refractivity contribution in [3.05, 3.63) is 35.6 Å². The molecule has 1 rings (SSSR count). The van der Waals surface area contributed by atoms with E-state index in [4.69, 9.17) is 10.8 Å². The highest BCUT2D eigenvalue weighted by Gasteiger charge is 2.33. The molecule has 0 aliphatic rings. The van der Waals surface area contributed by atoms with Gasteiger partial charge in [0.05, 0.1) is 13.2 Å². The molecule has 0 fully saturated rings. The highest BCUT2D eigenvalue weighted by Crippen LogP contribution is 2.25. The van der Waals surface area contributed by atoms with Crippen molar-refractivity contribution in [1.82, 2.24) is 4.90 Å². The summed E-state index contributed by atoms with van der Waals surface area (Å²) >= 11 is 0. The first-order valence-corrected chi connectivity index (χ1v) is 5.74. The topological polar surface area (TPSA) is 49.5 Å². The summed E-state index contributed by atoms with van der Waals surface area (Å²) < 4.78 is 50.3. The van der Waals surface area contributed by atoms with Crippen molar-refractivity contribution in [3.63, 3.8) is 0 Å². The Labute approximate surface area is 108 Å². The second-order valence-corrected chi connectivity index (χ2v) is 4.11. The van der Waals surface area contributed by atoms with Crippen molar-refractivity contribution in [1.29, 1.82) is 0 Å². The van der Waals surface area contributed by atoms with E-state index in [1.54, 1.807) is 0 Å². The molecule has 3 nitrogen and oxygen atoms in total. The standard InChI is InChI=1S/C12H16F4N2O/c13-10-3-1-9(2-4-10)11(7-17)18(5-6-19)8-12(14,15)16/h1-4,11,19H,5-8,17H2. The van der Waals surface area contributed by atoms with Crippen LogP contribution in [0.5, 0.6) is 0 Å². The molecule has 0 aliphatic carbocycles. The SMILES string of the molecule is NCC(c1ccc(F)cc1)N(CCO)CC(F)(F)F. The Balaban J connectivity index is 2.92. The fraction of sp³-hybridized carbons (Fsp3) is 0.500. The summed E-state index contributed by atoms with van der Waals surface area (Å²) in [7, 11) is 0. The predicted molar refractivity (Wildman–Crippen MR) is 62.9 cm³/mol. The lowest BCUT2D eigenvalue weighted by Gasteiger charge is -2.31. The van der Waals surface area contributed by atoms with Gasteiger partial charge in [0.15, 0.2) is 0 Å². The third-order valence-corrected chi connectivity index (χ3v) is 2.69. The second kappa shape index (κ2) is 6.83. The van der Waals surface area contributed by atoms with Gasteiger partial charge in [0.25, 0.3) is 0 Å². The maximum atomic E-state index is 12.8. The van der Waals surface area contributed by atoms with E-state index in [1.165, 1.54) is 24.3 Å². The number of nitrogens with two attached hydrogens (primary N) is 1. The average molecular weight is 280 g/mol. The molecule has 0 bridgehead atoms. The van der Waals surface area contributed by atoms with Gasteiger partial charge in [-0.3, -0.25) is 4.90 Å². The van der Waals surface area contributed by atoms with E-state index in [1.807, 2.05) is 0 Å². The Morgan fingerprint density at radius 3 is 2.21 bits per heavy atom. The summed E-state index contributed by atoms with van der Waals surface area (Å²) in [6.45, 7) is -1.79. The molecular weight excluding hydrogens is 264 g/mol. The lowest BCUT2D eigenvalue weighted by molar-refractivity contribution is -0.151.